The third-order valence-corrected chi connectivity index (χ3v) is 2.07. The summed E-state index contributed by atoms with van der Waals surface area (Å²) in [4.78, 5) is 15.6. The predicted octanol–water partition coefficient (Wildman–Crippen LogP) is 0.365. The molecule has 16 heavy (non-hydrogen) atoms. The van der Waals surface area contributed by atoms with Crippen LogP contribution in [-0.4, -0.2) is 27.2 Å². The Balaban J connectivity index is 2.39. The van der Waals surface area contributed by atoms with Crippen molar-refractivity contribution in [3.8, 4) is 0 Å². The van der Waals surface area contributed by atoms with Crippen molar-refractivity contribution in [2.75, 3.05) is 6.61 Å². The third-order valence-electron chi connectivity index (χ3n) is 2.07. The van der Waals surface area contributed by atoms with E-state index < -0.39 is 0 Å². The summed E-state index contributed by atoms with van der Waals surface area (Å²) in [5.41, 5.74) is 6.54. The highest BCUT2D eigenvalue weighted by Crippen LogP contribution is 2.06. The van der Waals surface area contributed by atoms with Crippen molar-refractivity contribution in [2.24, 2.45) is 5.73 Å². The maximum atomic E-state index is 11.5. The van der Waals surface area contributed by atoms with E-state index in [9.17, 15) is 4.79 Å². The summed E-state index contributed by atoms with van der Waals surface area (Å²) in [6.45, 7) is 2.39. The Morgan fingerprint density at radius 3 is 3.06 bits per heavy atom. The largest absolute Gasteiger partial charge is 0.462 e. The summed E-state index contributed by atoms with van der Waals surface area (Å²) >= 11 is 0. The van der Waals surface area contributed by atoms with Crippen LogP contribution >= 0.6 is 0 Å². The smallest absolute Gasteiger partial charge is 0.339 e. The number of pyridine rings is 1. The minimum absolute atomic E-state index is 0.274. The Morgan fingerprint density at radius 1 is 1.56 bits per heavy atom. The van der Waals surface area contributed by atoms with Gasteiger partial charge in [0.25, 0.3) is 0 Å². The van der Waals surface area contributed by atoms with Crippen LogP contribution < -0.4 is 5.73 Å². The maximum Gasteiger partial charge on any atom is 0.339 e. The molecule has 0 aliphatic carbocycles. The first-order valence-corrected chi connectivity index (χ1v) is 4.97. The molecule has 0 aliphatic rings. The van der Waals surface area contributed by atoms with Gasteiger partial charge < -0.3 is 10.5 Å². The first-order chi connectivity index (χ1) is 7.74. The van der Waals surface area contributed by atoms with Crippen LogP contribution in [0.15, 0.2) is 18.3 Å². The van der Waals surface area contributed by atoms with E-state index in [2.05, 4.69) is 10.1 Å². The first kappa shape index (κ1) is 10.6. The molecular formula is C10H12N4O2. The Kier molecular flexibility index (Phi) is 2.82. The number of nitrogens with two attached hydrogens (primary N) is 1. The molecule has 84 valence electrons. The maximum absolute atomic E-state index is 11.5. The molecule has 0 saturated heterocycles. The van der Waals surface area contributed by atoms with Gasteiger partial charge in [-0.1, -0.05) is 0 Å². The summed E-state index contributed by atoms with van der Waals surface area (Å²) in [6.07, 6.45) is 1.58. The minimum atomic E-state index is -0.366. The lowest BCUT2D eigenvalue weighted by Crippen LogP contribution is -2.06. The molecule has 0 spiro atoms. The van der Waals surface area contributed by atoms with E-state index in [0.717, 1.165) is 0 Å². The lowest BCUT2D eigenvalue weighted by Gasteiger charge is -2.00. The van der Waals surface area contributed by atoms with Gasteiger partial charge in [-0.05, 0) is 19.1 Å². The van der Waals surface area contributed by atoms with E-state index in [-0.39, 0.29) is 12.5 Å². The average molecular weight is 220 g/mol. The van der Waals surface area contributed by atoms with Gasteiger partial charge in [0.2, 0.25) is 0 Å². The molecule has 2 aromatic heterocycles. The van der Waals surface area contributed by atoms with E-state index in [1.54, 1.807) is 25.3 Å². The summed E-state index contributed by atoms with van der Waals surface area (Å²) < 4.78 is 6.41. The van der Waals surface area contributed by atoms with E-state index in [4.69, 9.17) is 10.5 Å². The zero-order chi connectivity index (χ0) is 11.5. The van der Waals surface area contributed by atoms with Crippen LogP contribution in [0.2, 0.25) is 0 Å². The second kappa shape index (κ2) is 4.28. The topological polar surface area (TPSA) is 82.5 Å². The Morgan fingerprint density at radius 2 is 2.38 bits per heavy atom. The molecule has 2 aromatic rings. The number of aromatic nitrogens is 3. The molecular weight excluding hydrogens is 208 g/mol. The summed E-state index contributed by atoms with van der Waals surface area (Å²) in [7, 11) is 0. The fourth-order valence-electron chi connectivity index (χ4n) is 1.35. The molecule has 2 N–H and O–H groups in total. The van der Waals surface area contributed by atoms with Gasteiger partial charge >= 0.3 is 5.97 Å². The van der Waals surface area contributed by atoms with Crippen molar-refractivity contribution in [2.45, 2.75) is 13.5 Å². The lowest BCUT2D eigenvalue weighted by molar-refractivity contribution is 0.0525. The van der Waals surface area contributed by atoms with Crippen LogP contribution in [-0.2, 0) is 11.3 Å². The zero-order valence-electron chi connectivity index (χ0n) is 8.88. The Labute approximate surface area is 92.0 Å². The number of carbonyl (C=O) groups is 1. The molecule has 0 bridgehead atoms. The molecule has 6 heteroatoms. The molecule has 0 radical (unpaired) electrons. The molecule has 0 fully saturated rings. The molecule has 0 unspecified atom stereocenters. The van der Waals surface area contributed by atoms with Crippen molar-refractivity contribution >= 4 is 11.6 Å². The Hall–Kier alpha value is -1.95. The van der Waals surface area contributed by atoms with Crippen molar-refractivity contribution in [1.29, 1.82) is 0 Å². The summed E-state index contributed by atoms with van der Waals surface area (Å²) in [6, 6.07) is 3.36. The molecule has 2 heterocycles. The van der Waals surface area contributed by atoms with Gasteiger partial charge in [0.05, 0.1) is 18.7 Å². The highest BCUT2D eigenvalue weighted by molar-refractivity contribution is 5.89. The fourth-order valence-corrected chi connectivity index (χ4v) is 1.35. The molecule has 0 atom stereocenters. The van der Waals surface area contributed by atoms with Crippen LogP contribution in [0.25, 0.3) is 5.65 Å². The van der Waals surface area contributed by atoms with Gasteiger partial charge in [-0.25, -0.2) is 14.3 Å². The standard InChI is InChI=1S/C10H12N4O2/c1-2-16-10(15)7-3-4-9-12-8(5-11)13-14(9)6-7/h3-4,6H,2,5,11H2,1H3. The second-order valence-corrected chi connectivity index (χ2v) is 3.17. The normalized spacial score (nSPS) is 10.6. The van der Waals surface area contributed by atoms with E-state index in [0.29, 0.717) is 23.6 Å². The number of esters is 1. The fraction of sp³-hybridized carbons (Fsp3) is 0.300. The van der Waals surface area contributed by atoms with E-state index >= 15 is 0 Å². The highest BCUT2D eigenvalue weighted by atomic mass is 16.5. The van der Waals surface area contributed by atoms with Crippen molar-refractivity contribution in [3.05, 3.63) is 29.7 Å². The second-order valence-electron chi connectivity index (χ2n) is 3.17. The van der Waals surface area contributed by atoms with Crippen LogP contribution in [0, 0.1) is 0 Å². The first-order valence-electron chi connectivity index (χ1n) is 4.97. The van der Waals surface area contributed by atoms with Gasteiger partial charge in [-0.2, -0.15) is 0 Å². The third kappa shape index (κ3) is 1.87. The number of hydrogen-bond donors (Lipinski definition) is 1. The molecule has 6 nitrogen and oxygen atoms in total. The van der Waals surface area contributed by atoms with Crippen molar-refractivity contribution in [1.82, 2.24) is 14.6 Å². The lowest BCUT2D eigenvalue weighted by atomic mass is 10.3. The molecule has 0 aliphatic heterocycles. The van der Waals surface area contributed by atoms with Crippen LogP contribution in [0.4, 0.5) is 0 Å². The van der Waals surface area contributed by atoms with Gasteiger partial charge in [0, 0.05) is 6.20 Å². The molecule has 0 amide bonds. The predicted molar refractivity (Wildman–Crippen MR) is 56.8 cm³/mol. The van der Waals surface area contributed by atoms with Gasteiger partial charge in [-0.15, -0.1) is 5.10 Å². The van der Waals surface area contributed by atoms with Crippen LogP contribution in [0.1, 0.15) is 23.1 Å². The average Bonchev–Trinajstić information content (AvgIpc) is 2.70. The molecule has 2 rings (SSSR count). The summed E-state index contributed by atoms with van der Waals surface area (Å²) in [5.74, 6) is 0.176. The van der Waals surface area contributed by atoms with Crippen molar-refractivity contribution in [3.63, 3.8) is 0 Å². The number of carbonyl (C=O) groups excluding carboxylic acids is 1. The molecule has 0 aromatic carbocycles. The van der Waals surface area contributed by atoms with Gasteiger partial charge in [-0.3, -0.25) is 0 Å². The number of rotatable bonds is 3. The van der Waals surface area contributed by atoms with E-state index in [1.165, 1.54) is 4.52 Å². The van der Waals surface area contributed by atoms with Crippen LogP contribution in [0.3, 0.4) is 0 Å². The number of fused-ring (bicyclic) bond motifs is 1. The minimum Gasteiger partial charge on any atom is -0.462 e. The van der Waals surface area contributed by atoms with Crippen molar-refractivity contribution < 1.29 is 9.53 Å². The number of ether oxygens (including phenoxy) is 1. The van der Waals surface area contributed by atoms with E-state index in [1.807, 2.05) is 0 Å². The van der Waals surface area contributed by atoms with Crippen LogP contribution in [0.5, 0.6) is 0 Å². The number of hydrogen-bond acceptors (Lipinski definition) is 5. The SMILES string of the molecule is CCOC(=O)c1ccc2nc(CN)nn2c1. The summed E-state index contributed by atoms with van der Waals surface area (Å²) in [5, 5.41) is 4.11. The number of nitrogens with zero attached hydrogens (tertiary/aromatic N) is 3. The monoisotopic (exact) mass is 220 g/mol. The quantitative estimate of drug-likeness (QED) is 0.755. The zero-order valence-corrected chi connectivity index (χ0v) is 8.88. The molecule has 0 saturated carbocycles. The van der Waals surface area contributed by atoms with Gasteiger partial charge in [0.1, 0.15) is 0 Å². The highest BCUT2D eigenvalue weighted by Gasteiger charge is 2.09. The van der Waals surface area contributed by atoms with Gasteiger partial charge in [0.15, 0.2) is 11.5 Å². The Bertz CT molecular complexity index is 521.